The van der Waals surface area contributed by atoms with Gasteiger partial charge in [0.2, 0.25) is 15.3 Å². The molecule has 0 aliphatic carbocycles. The van der Waals surface area contributed by atoms with E-state index < -0.39 is 10.0 Å². The summed E-state index contributed by atoms with van der Waals surface area (Å²) < 4.78 is 24.0. The Labute approximate surface area is 136 Å². The third kappa shape index (κ3) is 3.23. The first-order chi connectivity index (χ1) is 10.8. The van der Waals surface area contributed by atoms with E-state index in [1.807, 2.05) is 0 Å². The number of aryl methyl sites for hydroxylation is 1. The van der Waals surface area contributed by atoms with Crippen molar-refractivity contribution in [3.05, 3.63) is 35.5 Å². The minimum absolute atomic E-state index is 0.0408. The third-order valence-corrected chi connectivity index (χ3v) is 4.20. The van der Waals surface area contributed by atoms with Crippen LogP contribution in [0.5, 0.6) is 0 Å². The molecule has 0 radical (unpaired) electrons. The maximum Gasteiger partial charge on any atom is 0.239 e. The van der Waals surface area contributed by atoms with Crippen molar-refractivity contribution in [3.8, 4) is 0 Å². The number of anilines is 1. The standard InChI is InChI=1S/C12H12ClN7O2S/c1-20-11-9(6-17-20)10(18-12(13)19-11)16-4-7-2-3-8(5-15-7)23(14,21)22/h2-3,5-6H,4H2,1H3,(H2,14,21,22)(H,16,18,19). The fourth-order valence-corrected chi connectivity index (χ4v) is 2.61. The molecule has 0 aliphatic heterocycles. The Morgan fingerprint density at radius 1 is 1.30 bits per heavy atom. The quantitative estimate of drug-likeness (QED) is 0.659. The van der Waals surface area contributed by atoms with Crippen LogP contribution in [0.15, 0.2) is 29.4 Å². The largest absolute Gasteiger partial charge is 0.364 e. The van der Waals surface area contributed by atoms with Gasteiger partial charge in [-0.2, -0.15) is 15.1 Å². The highest BCUT2D eigenvalue weighted by Gasteiger charge is 2.11. The number of nitrogens with two attached hydrogens (primary N) is 1. The molecule has 0 atom stereocenters. The number of aromatic nitrogens is 5. The molecule has 0 unspecified atom stereocenters. The van der Waals surface area contributed by atoms with Crippen molar-refractivity contribution in [2.45, 2.75) is 11.4 Å². The van der Waals surface area contributed by atoms with Gasteiger partial charge in [-0.1, -0.05) is 0 Å². The average Bonchev–Trinajstić information content (AvgIpc) is 2.86. The third-order valence-electron chi connectivity index (χ3n) is 3.13. The number of hydrogen-bond acceptors (Lipinski definition) is 7. The number of pyridine rings is 1. The van der Waals surface area contributed by atoms with Gasteiger partial charge >= 0.3 is 0 Å². The number of hydrogen-bond donors (Lipinski definition) is 2. The van der Waals surface area contributed by atoms with Crippen LogP contribution < -0.4 is 10.5 Å². The van der Waals surface area contributed by atoms with Crippen LogP contribution in [0.2, 0.25) is 5.28 Å². The Morgan fingerprint density at radius 2 is 2.09 bits per heavy atom. The van der Waals surface area contributed by atoms with Crippen LogP contribution in [0, 0.1) is 0 Å². The summed E-state index contributed by atoms with van der Waals surface area (Å²) in [6.07, 6.45) is 2.84. The first-order valence-electron chi connectivity index (χ1n) is 6.41. The van der Waals surface area contributed by atoms with Crippen molar-refractivity contribution in [2.75, 3.05) is 5.32 Å². The number of rotatable bonds is 4. The van der Waals surface area contributed by atoms with E-state index in [4.69, 9.17) is 16.7 Å². The van der Waals surface area contributed by atoms with Gasteiger partial charge in [0.25, 0.3) is 0 Å². The predicted octanol–water partition coefficient (Wildman–Crippen LogP) is 0.671. The number of nitrogens with one attached hydrogen (secondary N) is 1. The summed E-state index contributed by atoms with van der Waals surface area (Å²) in [7, 11) is -2.00. The van der Waals surface area contributed by atoms with Crippen molar-refractivity contribution in [3.63, 3.8) is 0 Å². The SMILES string of the molecule is Cn1ncc2c(NCc3ccc(S(N)(=O)=O)cn3)nc(Cl)nc21. The van der Waals surface area contributed by atoms with Crippen LogP contribution >= 0.6 is 11.6 Å². The van der Waals surface area contributed by atoms with Gasteiger partial charge in [0.15, 0.2) is 5.65 Å². The molecule has 3 aromatic rings. The zero-order valence-electron chi connectivity index (χ0n) is 11.9. The predicted molar refractivity (Wildman–Crippen MR) is 84.3 cm³/mol. The van der Waals surface area contributed by atoms with Gasteiger partial charge in [-0.15, -0.1) is 0 Å². The molecular formula is C12H12ClN7O2S. The zero-order chi connectivity index (χ0) is 16.6. The van der Waals surface area contributed by atoms with E-state index in [1.165, 1.54) is 12.3 Å². The monoisotopic (exact) mass is 353 g/mol. The van der Waals surface area contributed by atoms with Crippen LogP contribution in [0.25, 0.3) is 11.0 Å². The lowest BCUT2D eigenvalue weighted by Gasteiger charge is -2.07. The fraction of sp³-hybridized carbons (Fsp3) is 0.167. The Morgan fingerprint density at radius 3 is 2.74 bits per heavy atom. The second-order valence-corrected chi connectivity index (χ2v) is 6.63. The molecule has 0 saturated carbocycles. The van der Waals surface area contributed by atoms with Crippen LogP contribution in [0.4, 0.5) is 5.82 Å². The number of nitrogens with zero attached hydrogens (tertiary/aromatic N) is 5. The van der Waals surface area contributed by atoms with Gasteiger partial charge in [0, 0.05) is 13.2 Å². The smallest absolute Gasteiger partial charge is 0.239 e. The molecule has 0 aromatic carbocycles. The van der Waals surface area contributed by atoms with Crippen LogP contribution in [-0.4, -0.2) is 33.2 Å². The minimum atomic E-state index is -3.75. The molecule has 0 aliphatic rings. The summed E-state index contributed by atoms with van der Waals surface area (Å²) in [5.41, 5.74) is 1.22. The molecule has 9 nitrogen and oxygen atoms in total. The van der Waals surface area contributed by atoms with Gasteiger partial charge in [-0.05, 0) is 23.7 Å². The first-order valence-corrected chi connectivity index (χ1v) is 8.34. The number of fused-ring (bicyclic) bond motifs is 1. The molecular weight excluding hydrogens is 342 g/mol. The molecule has 3 N–H and O–H groups in total. The molecule has 3 heterocycles. The van der Waals surface area contributed by atoms with Crippen LogP contribution in [0.3, 0.4) is 0 Å². The van der Waals surface area contributed by atoms with Crippen LogP contribution in [0.1, 0.15) is 5.69 Å². The van der Waals surface area contributed by atoms with Gasteiger partial charge in [-0.3, -0.25) is 9.67 Å². The summed E-state index contributed by atoms with van der Waals surface area (Å²) in [4.78, 5) is 12.2. The Hall–Kier alpha value is -2.30. The molecule has 0 bridgehead atoms. The van der Waals surface area contributed by atoms with Gasteiger partial charge in [0.1, 0.15) is 10.7 Å². The lowest BCUT2D eigenvalue weighted by Crippen LogP contribution is -2.13. The first kappa shape index (κ1) is 15.6. The fourth-order valence-electron chi connectivity index (χ4n) is 1.99. The molecule has 0 amide bonds. The molecule has 0 fully saturated rings. The summed E-state index contributed by atoms with van der Waals surface area (Å²) in [6, 6.07) is 2.96. The highest BCUT2D eigenvalue weighted by atomic mass is 35.5. The minimum Gasteiger partial charge on any atom is -0.364 e. The van der Waals surface area contributed by atoms with Crippen molar-refractivity contribution >= 4 is 38.5 Å². The van der Waals surface area contributed by atoms with Gasteiger partial charge in [0.05, 0.1) is 23.8 Å². The van der Waals surface area contributed by atoms with Crippen molar-refractivity contribution in [1.29, 1.82) is 0 Å². The summed E-state index contributed by atoms with van der Waals surface area (Å²) in [5.74, 6) is 0.519. The Kier molecular flexibility index (Phi) is 3.88. The second-order valence-electron chi connectivity index (χ2n) is 4.73. The number of primary sulfonamides is 1. The van der Waals surface area contributed by atoms with Gasteiger partial charge in [-0.25, -0.2) is 13.6 Å². The van der Waals surface area contributed by atoms with Crippen LogP contribution in [-0.2, 0) is 23.6 Å². The number of halogens is 1. The molecule has 3 rings (SSSR count). The molecule has 120 valence electrons. The number of sulfonamides is 1. The summed E-state index contributed by atoms with van der Waals surface area (Å²) >= 11 is 5.91. The van der Waals surface area contributed by atoms with E-state index >= 15 is 0 Å². The van der Waals surface area contributed by atoms with E-state index in [9.17, 15) is 8.42 Å². The molecule has 11 heteroatoms. The van der Waals surface area contributed by atoms with E-state index in [-0.39, 0.29) is 10.2 Å². The van der Waals surface area contributed by atoms with Crippen molar-refractivity contribution in [2.24, 2.45) is 12.2 Å². The van der Waals surface area contributed by atoms with E-state index in [2.05, 4.69) is 25.4 Å². The molecule has 23 heavy (non-hydrogen) atoms. The highest BCUT2D eigenvalue weighted by Crippen LogP contribution is 2.21. The summed E-state index contributed by atoms with van der Waals surface area (Å²) in [5, 5.41) is 13.0. The molecule has 0 spiro atoms. The zero-order valence-corrected chi connectivity index (χ0v) is 13.5. The van der Waals surface area contributed by atoms with E-state index in [0.717, 1.165) is 5.39 Å². The lowest BCUT2D eigenvalue weighted by atomic mass is 10.3. The Bertz CT molecular complexity index is 969. The highest BCUT2D eigenvalue weighted by molar-refractivity contribution is 7.89. The second kappa shape index (κ2) is 5.72. The van der Waals surface area contributed by atoms with Crippen molar-refractivity contribution < 1.29 is 8.42 Å². The maximum absolute atomic E-state index is 11.2. The van der Waals surface area contributed by atoms with E-state index in [0.29, 0.717) is 23.7 Å². The molecule has 0 saturated heterocycles. The Balaban J connectivity index is 1.84. The normalized spacial score (nSPS) is 11.8. The topological polar surface area (TPSA) is 129 Å². The van der Waals surface area contributed by atoms with Gasteiger partial charge < -0.3 is 5.32 Å². The van der Waals surface area contributed by atoms with E-state index in [1.54, 1.807) is 24.0 Å². The summed E-state index contributed by atoms with van der Waals surface area (Å²) in [6.45, 7) is 0.322. The maximum atomic E-state index is 11.2. The lowest BCUT2D eigenvalue weighted by molar-refractivity contribution is 0.597. The molecule has 3 aromatic heterocycles. The average molecular weight is 354 g/mol. The van der Waals surface area contributed by atoms with Crippen molar-refractivity contribution in [1.82, 2.24) is 24.7 Å².